The highest BCUT2D eigenvalue weighted by Crippen LogP contribution is 2.39. The lowest BCUT2D eigenvalue weighted by Crippen LogP contribution is -2.03. The first kappa shape index (κ1) is 15.5. The Kier molecular flexibility index (Phi) is 4.29. The SMILES string of the molecule is CS(=O)(=O)c1cc(Br)cc([N+](=O)[O-])c1Oc1ccccc1. The fourth-order valence-corrected chi connectivity index (χ4v) is 3.10. The second-order valence-corrected chi connectivity index (χ2v) is 7.10. The van der Waals surface area contributed by atoms with Gasteiger partial charge in [0, 0.05) is 16.8 Å². The zero-order valence-corrected chi connectivity index (χ0v) is 13.2. The number of halogens is 1. The van der Waals surface area contributed by atoms with E-state index in [9.17, 15) is 18.5 Å². The van der Waals surface area contributed by atoms with Crippen molar-refractivity contribution < 1.29 is 18.1 Å². The van der Waals surface area contributed by atoms with Gasteiger partial charge in [-0.15, -0.1) is 0 Å². The quantitative estimate of drug-likeness (QED) is 0.605. The minimum Gasteiger partial charge on any atom is -0.449 e. The third kappa shape index (κ3) is 3.59. The number of nitro groups is 1. The molecule has 8 heteroatoms. The third-order valence-electron chi connectivity index (χ3n) is 2.56. The van der Waals surface area contributed by atoms with E-state index in [4.69, 9.17) is 4.74 Å². The maximum Gasteiger partial charge on any atom is 0.314 e. The Morgan fingerprint density at radius 2 is 1.81 bits per heavy atom. The molecule has 0 N–H and O–H groups in total. The highest BCUT2D eigenvalue weighted by molar-refractivity contribution is 9.10. The van der Waals surface area contributed by atoms with E-state index in [-0.39, 0.29) is 15.1 Å². The van der Waals surface area contributed by atoms with Gasteiger partial charge in [0.15, 0.2) is 9.84 Å². The molecule has 2 rings (SSSR count). The van der Waals surface area contributed by atoms with Gasteiger partial charge in [0.05, 0.1) is 4.92 Å². The molecule has 0 fully saturated rings. The van der Waals surface area contributed by atoms with Gasteiger partial charge in [0.1, 0.15) is 10.6 Å². The molecular weight excluding hydrogens is 362 g/mol. The van der Waals surface area contributed by atoms with E-state index in [2.05, 4.69) is 15.9 Å². The Morgan fingerprint density at radius 3 is 2.33 bits per heavy atom. The number of rotatable bonds is 4. The van der Waals surface area contributed by atoms with Crippen LogP contribution < -0.4 is 4.74 Å². The molecule has 0 atom stereocenters. The second kappa shape index (κ2) is 5.82. The molecule has 21 heavy (non-hydrogen) atoms. The van der Waals surface area contributed by atoms with Crippen molar-refractivity contribution in [3.8, 4) is 11.5 Å². The van der Waals surface area contributed by atoms with Crippen LogP contribution in [0.15, 0.2) is 51.8 Å². The standard InChI is InChI=1S/C13H10BrNO5S/c1-21(18,19)12-8-9(14)7-11(15(16)17)13(12)20-10-5-3-2-4-6-10/h2-8H,1H3. The van der Waals surface area contributed by atoms with E-state index in [1.54, 1.807) is 30.3 Å². The van der Waals surface area contributed by atoms with Gasteiger partial charge in [-0.25, -0.2) is 8.42 Å². The molecule has 0 aliphatic rings. The lowest BCUT2D eigenvalue weighted by molar-refractivity contribution is -0.385. The lowest BCUT2D eigenvalue weighted by atomic mass is 10.3. The smallest absolute Gasteiger partial charge is 0.314 e. The average molecular weight is 372 g/mol. The molecule has 0 radical (unpaired) electrons. The van der Waals surface area contributed by atoms with Crippen molar-refractivity contribution in [2.24, 2.45) is 0 Å². The second-order valence-electron chi connectivity index (χ2n) is 4.20. The molecular formula is C13H10BrNO5S. The number of sulfone groups is 1. The Labute approximate surface area is 129 Å². The number of nitro benzene ring substituents is 1. The number of para-hydroxylation sites is 1. The van der Waals surface area contributed by atoms with Crippen LogP contribution in [0.4, 0.5) is 5.69 Å². The summed E-state index contributed by atoms with van der Waals surface area (Å²) >= 11 is 3.07. The lowest BCUT2D eigenvalue weighted by Gasteiger charge is -2.11. The van der Waals surface area contributed by atoms with Crippen LogP contribution in [0.5, 0.6) is 11.5 Å². The Bertz CT molecular complexity index is 790. The summed E-state index contributed by atoms with van der Waals surface area (Å²) in [6, 6.07) is 10.8. The van der Waals surface area contributed by atoms with Gasteiger partial charge in [-0.2, -0.15) is 0 Å². The van der Waals surface area contributed by atoms with Gasteiger partial charge in [-0.3, -0.25) is 10.1 Å². The largest absolute Gasteiger partial charge is 0.449 e. The Hall–Kier alpha value is -1.93. The normalized spacial score (nSPS) is 11.1. The van der Waals surface area contributed by atoms with E-state index in [0.29, 0.717) is 5.75 Å². The van der Waals surface area contributed by atoms with Gasteiger partial charge >= 0.3 is 5.69 Å². The molecule has 0 amide bonds. The van der Waals surface area contributed by atoms with Crippen LogP contribution in [-0.4, -0.2) is 19.6 Å². The van der Waals surface area contributed by atoms with Crippen molar-refractivity contribution in [3.05, 3.63) is 57.1 Å². The van der Waals surface area contributed by atoms with Gasteiger partial charge in [-0.1, -0.05) is 34.1 Å². The van der Waals surface area contributed by atoms with Crippen molar-refractivity contribution in [3.63, 3.8) is 0 Å². The number of benzene rings is 2. The van der Waals surface area contributed by atoms with Crippen molar-refractivity contribution in [1.29, 1.82) is 0 Å². The fourth-order valence-electron chi connectivity index (χ4n) is 1.67. The molecule has 6 nitrogen and oxygen atoms in total. The van der Waals surface area contributed by atoms with Crippen LogP contribution in [0.1, 0.15) is 0 Å². The number of hydrogen-bond acceptors (Lipinski definition) is 5. The van der Waals surface area contributed by atoms with Crippen LogP contribution in [0.25, 0.3) is 0 Å². The molecule has 0 aliphatic heterocycles. The van der Waals surface area contributed by atoms with Crippen LogP contribution >= 0.6 is 15.9 Å². The highest BCUT2D eigenvalue weighted by Gasteiger charge is 2.26. The summed E-state index contributed by atoms with van der Waals surface area (Å²) in [5, 5.41) is 11.2. The minimum absolute atomic E-state index is 0.243. The topological polar surface area (TPSA) is 86.5 Å². The van der Waals surface area contributed by atoms with E-state index in [1.807, 2.05) is 0 Å². The molecule has 110 valence electrons. The Balaban J connectivity index is 2.69. The van der Waals surface area contributed by atoms with Crippen molar-refractivity contribution in [2.75, 3.05) is 6.26 Å². The Morgan fingerprint density at radius 1 is 1.19 bits per heavy atom. The molecule has 0 unspecified atom stereocenters. The molecule has 0 saturated heterocycles. The molecule has 0 aliphatic carbocycles. The summed E-state index contributed by atoms with van der Waals surface area (Å²) in [6.07, 6.45) is 0.969. The molecule has 0 heterocycles. The summed E-state index contributed by atoms with van der Waals surface area (Å²) in [5.41, 5.74) is -0.423. The fraction of sp³-hybridized carbons (Fsp3) is 0.0769. The minimum atomic E-state index is -3.69. The first-order valence-electron chi connectivity index (χ1n) is 5.70. The predicted molar refractivity (Wildman–Crippen MR) is 80.4 cm³/mol. The van der Waals surface area contributed by atoms with Crippen LogP contribution in [0, 0.1) is 10.1 Å². The van der Waals surface area contributed by atoms with Crippen molar-refractivity contribution in [1.82, 2.24) is 0 Å². The first-order chi connectivity index (χ1) is 9.79. The maximum absolute atomic E-state index is 11.8. The molecule has 2 aromatic rings. The molecule has 2 aromatic carbocycles. The van der Waals surface area contributed by atoms with Crippen molar-refractivity contribution >= 4 is 31.5 Å². The van der Waals surface area contributed by atoms with Gasteiger partial charge in [0.2, 0.25) is 5.75 Å². The van der Waals surface area contributed by atoms with E-state index in [1.165, 1.54) is 12.1 Å². The van der Waals surface area contributed by atoms with Gasteiger partial charge < -0.3 is 4.74 Å². The maximum atomic E-state index is 11.8. The predicted octanol–water partition coefficient (Wildman–Crippen LogP) is 3.55. The summed E-state index contributed by atoms with van der Waals surface area (Å²) in [5.74, 6) is 0.0183. The van der Waals surface area contributed by atoms with Crippen LogP contribution in [0.2, 0.25) is 0 Å². The highest BCUT2D eigenvalue weighted by atomic mass is 79.9. The van der Waals surface area contributed by atoms with E-state index < -0.39 is 20.4 Å². The van der Waals surface area contributed by atoms with Gasteiger partial charge in [0.25, 0.3) is 0 Å². The monoisotopic (exact) mass is 371 g/mol. The summed E-state index contributed by atoms with van der Waals surface area (Å²) in [4.78, 5) is 10.2. The number of ether oxygens (including phenoxy) is 1. The summed E-state index contributed by atoms with van der Waals surface area (Å²) in [6.45, 7) is 0. The van der Waals surface area contributed by atoms with Crippen LogP contribution in [0.3, 0.4) is 0 Å². The van der Waals surface area contributed by atoms with E-state index >= 15 is 0 Å². The molecule has 0 aromatic heterocycles. The van der Waals surface area contributed by atoms with Crippen LogP contribution in [-0.2, 0) is 9.84 Å². The number of nitrogens with zero attached hydrogens (tertiary/aromatic N) is 1. The molecule has 0 spiro atoms. The third-order valence-corrected chi connectivity index (χ3v) is 4.12. The zero-order chi connectivity index (χ0) is 15.6. The zero-order valence-electron chi connectivity index (χ0n) is 10.8. The number of hydrogen-bond donors (Lipinski definition) is 0. The average Bonchev–Trinajstić information content (AvgIpc) is 2.40. The summed E-state index contributed by atoms with van der Waals surface area (Å²) < 4.78 is 29.4. The summed E-state index contributed by atoms with van der Waals surface area (Å²) in [7, 11) is -3.69. The molecule has 0 bridgehead atoms. The molecule has 0 saturated carbocycles. The first-order valence-corrected chi connectivity index (χ1v) is 8.38. The van der Waals surface area contributed by atoms with Crippen molar-refractivity contribution in [2.45, 2.75) is 4.90 Å². The van der Waals surface area contributed by atoms with Gasteiger partial charge in [-0.05, 0) is 18.2 Å². The van der Waals surface area contributed by atoms with E-state index in [0.717, 1.165) is 6.26 Å².